The van der Waals surface area contributed by atoms with Gasteiger partial charge in [-0.25, -0.2) is 4.98 Å². The molecule has 2 aromatic heterocycles. The molecule has 0 aliphatic heterocycles. The van der Waals surface area contributed by atoms with Gasteiger partial charge in [-0.1, -0.05) is 166 Å². The molecule has 0 atom stereocenters. The van der Waals surface area contributed by atoms with Crippen LogP contribution in [0.2, 0.25) is 0 Å². The van der Waals surface area contributed by atoms with Crippen LogP contribution in [0.1, 0.15) is 25.0 Å². The van der Waals surface area contributed by atoms with Gasteiger partial charge in [-0.15, -0.1) is 0 Å². The Morgan fingerprint density at radius 1 is 0.385 bits per heavy atom. The molecule has 0 spiro atoms. The van der Waals surface area contributed by atoms with E-state index in [-0.39, 0.29) is 5.41 Å². The third kappa shape index (κ3) is 4.72. The maximum atomic E-state index is 5.14. The number of rotatable bonds is 5. The third-order valence-electron chi connectivity index (χ3n) is 10.7. The van der Waals surface area contributed by atoms with Crippen molar-refractivity contribution in [1.82, 2.24) is 19.5 Å². The van der Waals surface area contributed by atoms with E-state index in [4.69, 9.17) is 15.0 Å². The van der Waals surface area contributed by atoms with Crippen LogP contribution >= 0.6 is 0 Å². The van der Waals surface area contributed by atoms with Crippen LogP contribution in [0.3, 0.4) is 0 Å². The van der Waals surface area contributed by atoms with Crippen molar-refractivity contribution in [1.29, 1.82) is 0 Å². The van der Waals surface area contributed by atoms with E-state index in [1.165, 1.54) is 38.9 Å². The second-order valence-corrected chi connectivity index (χ2v) is 14.1. The molecule has 9 aromatic rings. The highest BCUT2D eigenvalue weighted by atomic mass is 15.2. The van der Waals surface area contributed by atoms with Crippen molar-refractivity contribution in [2.24, 2.45) is 0 Å². The Balaban J connectivity index is 1.17. The van der Waals surface area contributed by atoms with Gasteiger partial charge in [0.1, 0.15) is 0 Å². The standard InChI is InChI=1S/C48H34N4/c1-48(2)41-23-13-11-21-37(41)38-27-25-33(29-42(38)48)35-19-9-10-20-36(35)34-26-28-40-39-22-12-14-24-43(39)52(44(40)30-34)47-50-45(31-15-5-3-6-16-31)49-46(51-47)32-17-7-4-8-18-32/h3-30H,1-2H3. The zero-order valence-corrected chi connectivity index (χ0v) is 29.0. The van der Waals surface area contributed by atoms with Crippen molar-refractivity contribution in [3.8, 4) is 62.1 Å². The van der Waals surface area contributed by atoms with Crippen LogP contribution in [0.25, 0.3) is 83.9 Å². The number of para-hydroxylation sites is 1. The Labute approximate surface area is 302 Å². The lowest BCUT2D eigenvalue weighted by molar-refractivity contribution is 0.660. The number of hydrogen-bond donors (Lipinski definition) is 0. The minimum Gasteiger partial charge on any atom is -0.278 e. The van der Waals surface area contributed by atoms with Gasteiger partial charge < -0.3 is 0 Å². The molecule has 1 aliphatic carbocycles. The molecule has 0 saturated carbocycles. The zero-order chi connectivity index (χ0) is 34.8. The van der Waals surface area contributed by atoms with Gasteiger partial charge in [0, 0.05) is 27.3 Å². The summed E-state index contributed by atoms with van der Waals surface area (Å²) in [5.41, 5.74) is 14.1. The van der Waals surface area contributed by atoms with Crippen LogP contribution in [-0.2, 0) is 5.41 Å². The van der Waals surface area contributed by atoms with Crippen LogP contribution in [0.4, 0.5) is 0 Å². The first-order valence-corrected chi connectivity index (χ1v) is 17.8. The minimum atomic E-state index is -0.0710. The summed E-state index contributed by atoms with van der Waals surface area (Å²) < 4.78 is 2.20. The fourth-order valence-electron chi connectivity index (χ4n) is 8.11. The van der Waals surface area contributed by atoms with Crippen LogP contribution in [0.15, 0.2) is 170 Å². The molecule has 2 heterocycles. The van der Waals surface area contributed by atoms with E-state index in [0.717, 1.165) is 38.5 Å². The summed E-state index contributed by atoms with van der Waals surface area (Å²) in [6.45, 7) is 4.68. The highest BCUT2D eigenvalue weighted by Gasteiger charge is 2.35. The molecule has 0 unspecified atom stereocenters. The molecule has 4 nitrogen and oxygen atoms in total. The Bertz CT molecular complexity index is 2760. The summed E-state index contributed by atoms with van der Waals surface area (Å²) in [6.07, 6.45) is 0. The number of hydrogen-bond acceptors (Lipinski definition) is 3. The van der Waals surface area contributed by atoms with Gasteiger partial charge in [0.2, 0.25) is 5.95 Å². The number of nitrogens with zero attached hydrogens (tertiary/aromatic N) is 4. The Hall–Kier alpha value is -6.65. The monoisotopic (exact) mass is 666 g/mol. The molecule has 0 bridgehead atoms. The molecular weight excluding hydrogens is 633 g/mol. The van der Waals surface area contributed by atoms with Crippen LogP contribution in [-0.4, -0.2) is 19.5 Å². The van der Waals surface area contributed by atoms with Gasteiger partial charge in [0.05, 0.1) is 11.0 Å². The highest BCUT2D eigenvalue weighted by Crippen LogP contribution is 2.50. The molecule has 0 N–H and O–H groups in total. The lowest BCUT2D eigenvalue weighted by atomic mass is 9.81. The summed E-state index contributed by atoms with van der Waals surface area (Å²) in [5, 5.41) is 2.30. The van der Waals surface area contributed by atoms with E-state index in [2.05, 4.69) is 128 Å². The molecule has 0 saturated heterocycles. The first-order chi connectivity index (χ1) is 25.5. The van der Waals surface area contributed by atoms with E-state index in [1.807, 2.05) is 60.7 Å². The maximum Gasteiger partial charge on any atom is 0.238 e. The number of benzene rings is 7. The van der Waals surface area contributed by atoms with Crippen LogP contribution in [0, 0.1) is 0 Å². The lowest BCUT2D eigenvalue weighted by Gasteiger charge is -2.22. The summed E-state index contributed by atoms with van der Waals surface area (Å²) in [7, 11) is 0. The van der Waals surface area contributed by atoms with Gasteiger partial charge >= 0.3 is 0 Å². The Kier molecular flexibility index (Phi) is 6.80. The van der Waals surface area contributed by atoms with E-state index < -0.39 is 0 Å². The fraction of sp³-hybridized carbons (Fsp3) is 0.0625. The van der Waals surface area contributed by atoms with E-state index >= 15 is 0 Å². The molecule has 0 fully saturated rings. The van der Waals surface area contributed by atoms with E-state index in [9.17, 15) is 0 Å². The average molecular weight is 667 g/mol. The molecule has 246 valence electrons. The minimum absolute atomic E-state index is 0.0710. The average Bonchev–Trinajstić information content (AvgIpc) is 3.66. The molecule has 4 heteroatoms. The Morgan fingerprint density at radius 3 is 1.60 bits per heavy atom. The van der Waals surface area contributed by atoms with E-state index in [1.54, 1.807) is 0 Å². The van der Waals surface area contributed by atoms with Crippen LogP contribution in [0.5, 0.6) is 0 Å². The molecule has 1 aliphatic rings. The van der Waals surface area contributed by atoms with Crippen molar-refractivity contribution in [2.45, 2.75) is 19.3 Å². The summed E-state index contributed by atoms with van der Waals surface area (Å²) in [4.78, 5) is 15.3. The predicted molar refractivity (Wildman–Crippen MR) is 213 cm³/mol. The SMILES string of the molecule is CC1(C)c2ccccc2-c2ccc(-c3ccccc3-c3ccc4c5ccccc5n(-c5nc(-c6ccccc6)nc(-c6ccccc6)n5)c4c3)cc21. The maximum absolute atomic E-state index is 5.14. The van der Waals surface area contributed by atoms with E-state index in [0.29, 0.717) is 17.6 Å². The molecular formula is C48H34N4. The molecule has 52 heavy (non-hydrogen) atoms. The molecule has 10 rings (SSSR count). The summed E-state index contributed by atoms with van der Waals surface area (Å²) >= 11 is 0. The van der Waals surface area contributed by atoms with Gasteiger partial charge in [0.15, 0.2) is 11.6 Å². The first-order valence-electron chi connectivity index (χ1n) is 17.8. The first kappa shape index (κ1) is 30.2. The van der Waals surface area contributed by atoms with Gasteiger partial charge in [-0.05, 0) is 62.7 Å². The van der Waals surface area contributed by atoms with Crippen molar-refractivity contribution in [3.05, 3.63) is 181 Å². The van der Waals surface area contributed by atoms with Gasteiger partial charge in [-0.2, -0.15) is 9.97 Å². The zero-order valence-electron chi connectivity index (χ0n) is 29.0. The number of aromatic nitrogens is 4. The van der Waals surface area contributed by atoms with Crippen molar-refractivity contribution in [2.75, 3.05) is 0 Å². The topological polar surface area (TPSA) is 43.6 Å². The number of fused-ring (bicyclic) bond motifs is 6. The normalized spacial score (nSPS) is 13.0. The quantitative estimate of drug-likeness (QED) is 0.184. The molecule has 0 radical (unpaired) electrons. The summed E-state index contributed by atoms with van der Waals surface area (Å²) in [5.74, 6) is 1.86. The Morgan fingerprint density at radius 2 is 0.904 bits per heavy atom. The van der Waals surface area contributed by atoms with Gasteiger partial charge in [0.25, 0.3) is 0 Å². The molecule has 0 amide bonds. The largest absolute Gasteiger partial charge is 0.278 e. The van der Waals surface area contributed by atoms with Crippen molar-refractivity contribution < 1.29 is 0 Å². The predicted octanol–water partition coefficient (Wildman–Crippen LogP) is 11.9. The third-order valence-corrected chi connectivity index (χ3v) is 10.7. The lowest BCUT2D eigenvalue weighted by Crippen LogP contribution is -2.14. The highest BCUT2D eigenvalue weighted by molar-refractivity contribution is 6.10. The molecule has 7 aromatic carbocycles. The van der Waals surface area contributed by atoms with Gasteiger partial charge in [-0.3, -0.25) is 4.57 Å². The van der Waals surface area contributed by atoms with Crippen molar-refractivity contribution >= 4 is 21.8 Å². The second-order valence-electron chi connectivity index (χ2n) is 14.1. The second kappa shape index (κ2) is 11.7. The summed E-state index contributed by atoms with van der Waals surface area (Å²) in [6, 6.07) is 60.2. The van der Waals surface area contributed by atoms with Crippen molar-refractivity contribution in [3.63, 3.8) is 0 Å². The fourth-order valence-corrected chi connectivity index (χ4v) is 8.11. The van der Waals surface area contributed by atoms with Crippen LogP contribution < -0.4 is 0 Å². The smallest absolute Gasteiger partial charge is 0.238 e.